The third kappa shape index (κ3) is 3.78. The van der Waals surface area contributed by atoms with Crippen molar-refractivity contribution in [2.75, 3.05) is 11.9 Å². The van der Waals surface area contributed by atoms with E-state index in [-0.39, 0.29) is 6.54 Å². The second-order valence-corrected chi connectivity index (χ2v) is 4.57. The average Bonchev–Trinajstić information content (AvgIpc) is 2.64. The molecule has 0 atom stereocenters. The van der Waals surface area contributed by atoms with Crippen LogP contribution in [0.1, 0.15) is 20.8 Å². The van der Waals surface area contributed by atoms with Crippen LogP contribution in [0.3, 0.4) is 0 Å². The second kappa shape index (κ2) is 4.86. The van der Waals surface area contributed by atoms with E-state index in [0.717, 1.165) is 0 Å². The Kier molecular flexibility index (Phi) is 3.72. The molecule has 1 aromatic heterocycles. The minimum absolute atomic E-state index is 0.354. The van der Waals surface area contributed by atoms with Gasteiger partial charge in [0.1, 0.15) is 6.54 Å². The number of urea groups is 1. The lowest BCUT2D eigenvalue weighted by molar-refractivity contribution is -0.138. The van der Waals surface area contributed by atoms with E-state index in [9.17, 15) is 9.59 Å². The van der Waals surface area contributed by atoms with Gasteiger partial charge in [-0.05, 0) is 20.8 Å². The molecule has 0 aliphatic carbocycles. The highest BCUT2D eigenvalue weighted by Gasteiger charge is 2.28. The predicted molar refractivity (Wildman–Crippen MR) is 61.7 cm³/mol. The standard InChI is InChI=1S/C10H16N4O3/c1-10(2,3)14(6-8(15)16)9(17)13-7-4-11-12-5-7/h4-5H,6H2,1-3H3,(H,11,12)(H,13,17)(H,15,16). The summed E-state index contributed by atoms with van der Waals surface area (Å²) in [5, 5.41) is 17.6. The Morgan fingerprint density at radius 3 is 2.59 bits per heavy atom. The van der Waals surface area contributed by atoms with E-state index in [1.54, 1.807) is 20.8 Å². The number of hydrogen-bond acceptors (Lipinski definition) is 3. The van der Waals surface area contributed by atoms with E-state index in [1.807, 2.05) is 0 Å². The van der Waals surface area contributed by atoms with E-state index >= 15 is 0 Å². The van der Waals surface area contributed by atoms with Crippen molar-refractivity contribution in [2.24, 2.45) is 0 Å². The summed E-state index contributed by atoms with van der Waals surface area (Å²) in [6.45, 7) is 4.95. The summed E-state index contributed by atoms with van der Waals surface area (Å²) < 4.78 is 0. The van der Waals surface area contributed by atoms with Crippen LogP contribution in [-0.2, 0) is 4.79 Å². The van der Waals surface area contributed by atoms with Crippen molar-refractivity contribution >= 4 is 17.7 Å². The Labute approximate surface area is 98.8 Å². The van der Waals surface area contributed by atoms with Gasteiger partial charge in [-0.1, -0.05) is 0 Å². The van der Waals surface area contributed by atoms with Crippen LogP contribution in [0.5, 0.6) is 0 Å². The largest absolute Gasteiger partial charge is 0.480 e. The van der Waals surface area contributed by atoms with E-state index in [0.29, 0.717) is 5.69 Å². The van der Waals surface area contributed by atoms with Gasteiger partial charge in [-0.3, -0.25) is 9.89 Å². The highest BCUT2D eigenvalue weighted by molar-refractivity contribution is 5.91. The fourth-order valence-electron chi connectivity index (χ4n) is 1.26. The summed E-state index contributed by atoms with van der Waals surface area (Å²) in [6.07, 6.45) is 2.96. The van der Waals surface area contributed by atoms with Crippen LogP contribution in [0.25, 0.3) is 0 Å². The molecule has 7 heteroatoms. The molecule has 0 fully saturated rings. The molecule has 0 aliphatic rings. The fourth-order valence-corrected chi connectivity index (χ4v) is 1.26. The molecule has 0 aliphatic heterocycles. The first kappa shape index (κ1) is 13.0. The van der Waals surface area contributed by atoms with Gasteiger partial charge >= 0.3 is 12.0 Å². The van der Waals surface area contributed by atoms with Gasteiger partial charge in [-0.2, -0.15) is 5.10 Å². The van der Waals surface area contributed by atoms with Gasteiger partial charge in [0.15, 0.2) is 0 Å². The summed E-state index contributed by atoms with van der Waals surface area (Å²) in [4.78, 5) is 23.9. The number of anilines is 1. The molecule has 1 rings (SSSR count). The number of aromatic nitrogens is 2. The first-order chi connectivity index (χ1) is 7.80. The average molecular weight is 240 g/mol. The number of aromatic amines is 1. The van der Waals surface area contributed by atoms with Crippen LogP contribution in [0.4, 0.5) is 10.5 Å². The minimum Gasteiger partial charge on any atom is -0.480 e. The van der Waals surface area contributed by atoms with E-state index in [1.165, 1.54) is 17.3 Å². The number of rotatable bonds is 3. The van der Waals surface area contributed by atoms with Crippen molar-refractivity contribution in [3.8, 4) is 0 Å². The number of carbonyl (C=O) groups excluding carboxylic acids is 1. The van der Waals surface area contributed by atoms with Gasteiger partial charge in [-0.15, -0.1) is 0 Å². The molecule has 0 radical (unpaired) electrons. The quantitative estimate of drug-likeness (QED) is 0.737. The maximum absolute atomic E-state index is 11.9. The molecular weight excluding hydrogens is 224 g/mol. The third-order valence-corrected chi connectivity index (χ3v) is 2.10. The Hall–Kier alpha value is -2.05. The zero-order valence-electron chi connectivity index (χ0n) is 10.0. The maximum Gasteiger partial charge on any atom is 0.323 e. The lowest BCUT2D eigenvalue weighted by Crippen LogP contribution is -2.50. The van der Waals surface area contributed by atoms with Crippen molar-refractivity contribution in [2.45, 2.75) is 26.3 Å². The monoisotopic (exact) mass is 240 g/mol. The number of nitrogens with zero attached hydrogens (tertiary/aromatic N) is 2. The molecule has 3 N–H and O–H groups in total. The van der Waals surface area contributed by atoms with Gasteiger partial charge in [0.05, 0.1) is 11.9 Å². The molecule has 0 spiro atoms. The van der Waals surface area contributed by atoms with E-state index in [4.69, 9.17) is 5.11 Å². The van der Waals surface area contributed by atoms with Crippen LogP contribution in [0, 0.1) is 0 Å². The highest BCUT2D eigenvalue weighted by atomic mass is 16.4. The molecule has 0 saturated heterocycles. The normalized spacial score (nSPS) is 11.0. The second-order valence-electron chi connectivity index (χ2n) is 4.57. The minimum atomic E-state index is -1.05. The molecule has 1 heterocycles. The molecule has 17 heavy (non-hydrogen) atoms. The molecular formula is C10H16N4O3. The fraction of sp³-hybridized carbons (Fsp3) is 0.500. The number of carbonyl (C=O) groups is 2. The zero-order valence-corrected chi connectivity index (χ0v) is 10.0. The lowest BCUT2D eigenvalue weighted by Gasteiger charge is -2.34. The van der Waals surface area contributed by atoms with E-state index < -0.39 is 17.5 Å². The smallest absolute Gasteiger partial charge is 0.323 e. The molecule has 1 aromatic rings. The Bertz CT molecular complexity index is 394. The zero-order chi connectivity index (χ0) is 13.1. The first-order valence-corrected chi connectivity index (χ1v) is 5.10. The number of nitrogens with one attached hydrogen (secondary N) is 2. The summed E-state index contributed by atoms with van der Waals surface area (Å²) in [6, 6.07) is -0.471. The number of hydrogen-bond donors (Lipinski definition) is 3. The van der Waals surface area contributed by atoms with E-state index in [2.05, 4.69) is 15.5 Å². The number of amides is 2. The van der Waals surface area contributed by atoms with Crippen LogP contribution in [0.2, 0.25) is 0 Å². The van der Waals surface area contributed by atoms with Crippen LogP contribution < -0.4 is 5.32 Å². The van der Waals surface area contributed by atoms with Gasteiger partial charge in [0.25, 0.3) is 0 Å². The molecule has 0 unspecified atom stereocenters. The number of carboxylic acid groups (broad SMARTS) is 1. The van der Waals surface area contributed by atoms with Gasteiger partial charge in [-0.25, -0.2) is 4.79 Å². The first-order valence-electron chi connectivity index (χ1n) is 5.10. The van der Waals surface area contributed by atoms with Gasteiger partial charge < -0.3 is 15.3 Å². The molecule has 0 bridgehead atoms. The van der Waals surface area contributed by atoms with Crippen molar-refractivity contribution in [1.29, 1.82) is 0 Å². The predicted octanol–water partition coefficient (Wildman–Crippen LogP) is 1.13. The van der Waals surface area contributed by atoms with Crippen LogP contribution in [0.15, 0.2) is 12.4 Å². The molecule has 0 saturated carbocycles. The van der Waals surface area contributed by atoms with Gasteiger partial charge in [0.2, 0.25) is 0 Å². The molecule has 94 valence electrons. The van der Waals surface area contributed by atoms with Crippen molar-refractivity contribution in [3.63, 3.8) is 0 Å². The summed E-state index contributed by atoms with van der Waals surface area (Å²) >= 11 is 0. The van der Waals surface area contributed by atoms with Crippen LogP contribution in [-0.4, -0.2) is 44.3 Å². The molecule has 0 aromatic carbocycles. The highest BCUT2D eigenvalue weighted by Crippen LogP contribution is 2.15. The topological polar surface area (TPSA) is 98.3 Å². The third-order valence-electron chi connectivity index (χ3n) is 2.10. The summed E-state index contributed by atoms with van der Waals surface area (Å²) in [5.41, 5.74) is -0.0821. The molecule has 2 amide bonds. The summed E-state index contributed by atoms with van der Waals surface area (Å²) in [5.74, 6) is -1.05. The number of aliphatic carboxylic acids is 1. The van der Waals surface area contributed by atoms with Crippen molar-refractivity contribution < 1.29 is 14.7 Å². The summed E-state index contributed by atoms with van der Waals surface area (Å²) in [7, 11) is 0. The SMILES string of the molecule is CC(C)(C)N(CC(=O)O)C(=O)Nc1cn[nH]c1. The van der Waals surface area contributed by atoms with Crippen molar-refractivity contribution in [3.05, 3.63) is 12.4 Å². The van der Waals surface area contributed by atoms with Gasteiger partial charge in [0, 0.05) is 11.7 Å². The van der Waals surface area contributed by atoms with Crippen molar-refractivity contribution in [1.82, 2.24) is 15.1 Å². The lowest BCUT2D eigenvalue weighted by atomic mass is 10.1. The Balaban J connectivity index is 2.76. The number of H-pyrrole nitrogens is 1. The Morgan fingerprint density at radius 1 is 1.53 bits per heavy atom. The van der Waals surface area contributed by atoms with Crippen LogP contribution >= 0.6 is 0 Å². The molecule has 7 nitrogen and oxygen atoms in total. The Morgan fingerprint density at radius 2 is 2.18 bits per heavy atom. The maximum atomic E-state index is 11.9. The number of carboxylic acids is 1.